The Morgan fingerprint density at radius 3 is 2.48 bits per heavy atom. The maximum Gasteiger partial charge on any atom is 0.416 e. The molecule has 0 aliphatic carbocycles. The Morgan fingerprint density at radius 1 is 1.03 bits per heavy atom. The Hall–Kier alpha value is -3.35. The van der Waals surface area contributed by atoms with Crippen molar-refractivity contribution < 1.29 is 18.0 Å². The third kappa shape index (κ3) is 3.94. The van der Waals surface area contributed by atoms with E-state index < -0.39 is 17.8 Å². The Morgan fingerprint density at radius 2 is 1.79 bits per heavy atom. The molecule has 1 atom stereocenters. The summed E-state index contributed by atoms with van der Waals surface area (Å²) >= 11 is 0. The number of nitrogens with zero attached hydrogens (tertiary/aromatic N) is 2. The van der Waals surface area contributed by atoms with Gasteiger partial charge in [-0.05, 0) is 47.4 Å². The number of hydrogen-bond donors (Lipinski definition) is 1. The van der Waals surface area contributed by atoms with Gasteiger partial charge >= 0.3 is 12.2 Å². The molecule has 1 unspecified atom stereocenters. The second-order valence-corrected chi connectivity index (χ2v) is 6.84. The van der Waals surface area contributed by atoms with Crippen LogP contribution in [-0.2, 0) is 12.6 Å². The number of carbonyl (C=O) groups excluding carboxylic acids is 1. The van der Waals surface area contributed by atoms with E-state index in [4.69, 9.17) is 0 Å². The number of hydrogen-bond acceptors (Lipinski definition) is 2. The van der Waals surface area contributed by atoms with Gasteiger partial charge in [-0.1, -0.05) is 36.4 Å². The number of anilines is 1. The number of amides is 2. The number of nitrogens with one attached hydrogen (secondary N) is 1. The molecule has 29 heavy (non-hydrogen) atoms. The van der Waals surface area contributed by atoms with Gasteiger partial charge in [-0.2, -0.15) is 13.2 Å². The van der Waals surface area contributed by atoms with Gasteiger partial charge in [0.2, 0.25) is 0 Å². The van der Waals surface area contributed by atoms with Crippen molar-refractivity contribution in [3.05, 3.63) is 95.3 Å². The molecule has 0 spiro atoms. The lowest BCUT2D eigenvalue weighted by molar-refractivity contribution is -0.137. The highest BCUT2D eigenvalue weighted by Crippen LogP contribution is 2.37. The van der Waals surface area contributed by atoms with Crippen molar-refractivity contribution in [2.75, 3.05) is 11.9 Å². The standard InChI is InChI=1S/C22H18F3N3O/c23-22(24,25)17-9-7-16(8-10-17)20-19-6-2-1-4-15(19)11-13-28(20)21(29)27-18-5-3-12-26-14-18/h1-10,12,14,20H,11,13H2,(H,27,29). The summed E-state index contributed by atoms with van der Waals surface area (Å²) < 4.78 is 38.9. The molecule has 0 saturated heterocycles. The van der Waals surface area contributed by atoms with Crippen LogP contribution in [0.5, 0.6) is 0 Å². The predicted octanol–water partition coefficient (Wildman–Crippen LogP) is 5.28. The zero-order valence-electron chi connectivity index (χ0n) is 15.4. The summed E-state index contributed by atoms with van der Waals surface area (Å²) in [6.45, 7) is 0.453. The molecule has 1 aliphatic rings. The normalized spacial score (nSPS) is 16.2. The number of aromatic nitrogens is 1. The largest absolute Gasteiger partial charge is 0.416 e. The minimum absolute atomic E-state index is 0.322. The molecule has 4 rings (SSSR count). The molecule has 2 heterocycles. The van der Waals surface area contributed by atoms with E-state index in [-0.39, 0.29) is 6.03 Å². The molecule has 2 amide bonds. The number of halogens is 3. The van der Waals surface area contributed by atoms with Gasteiger partial charge in [0, 0.05) is 12.7 Å². The summed E-state index contributed by atoms with van der Waals surface area (Å²) in [4.78, 5) is 18.6. The van der Waals surface area contributed by atoms with Gasteiger partial charge in [0.05, 0.1) is 23.5 Å². The Kier molecular flexibility index (Phi) is 4.96. The summed E-state index contributed by atoms with van der Waals surface area (Å²) in [6, 6.07) is 15.4. The zero-order chi connectivity index (χ0) is 20.4. The topological polar surface area (TPSA) is 45.2 Å². The van der Waals surface area contributed by atoms with Crippen LogP contribution in [0.2, 0.25) is 0 Å². The summed E-state index contributed by atoms with van der Waals surface area (Å²) in [7, 11) is 0. The highest BCUT2D eigenvalue weighted by molar-refractivity contribution is 5.90. The van der Waals surface area contributed by atoms with Crippen LogP contribution in [0.1, 0.15) is 28.3 Å². The molecule has 148 valence electrons. The second-order valence-electron chi connectivity index (χ2n) is 6.84. The molecule has 0 radical (unpaired) electrons. The summed E-state index contributed by atoms with van der Waals surface area (Å²) in [5.74, 6) is 0. The first-order chi connectivity index (χ1) is 13.9. The van der Waals surface area contributed by atoms with E-state index >= 15 is 0 Å². The smallest absolute Gasteiger partial charge is 0.313 e. The fraction of sp³-hybridized carbons (Fsp3) is 0.182. The molecule has 1 N–H and O–H groups in total. The first-order valence-corrected chi connectivity index (χ1v) is 9.16. The van der Waals surface area contributed by atoms with Crippen molar-refractivity contribution in [3.63, 3.8) is 0 Å². The number of benzene rings is 2. The quantitative estimate of drug-likeness (QED) is 0.639. The van der Waals surface area contributed by atoms with Crippen LogP contribution in [-0.4, -0.2) is 22.5 Å². The molecule has 1 aliphatic heterocycles. The van der Waals surface area contributed by atoms with Gasteiger partial charge in [0.15, 0.2) is 0 Å². The molecule has 0 saturated carbocycles. The molecule has 3 aromatic rings. The van der Waals surface area contributed by atoms with E-state index in [0.717, 1.165) is 23.3 Å². The SMILES string of the molecule is O=C(Nc1cccnc1)N1CCc2ccccc2C1c1ccc(C(F)(F)F)cc1. The van der Waals surface area contributed by atoms with Crippen molar-refractivity contribution in [2.24, 2.45) is 0 Å². The minimum Gasteiger partial charge on any atom is -0.313 e. The lowest BCUT2D eigenvalue weighted by atomic mass is 9.88. The van der Waals surface area contributed by atoms with Crippen molar-refractivity contribution in [3.8, 4) is 0 Å². The fourth-order valence-electron chi connectivity index (χ4n) is 3.63. The first-order valence-electron chi connectivity index (χ1n) is 9.16. The van der Waals surface area contributed by atoms with Crippen molar-refractivity contribution in [2.45, 2.75) is 18.6 Å². The summed E-state index contributed by atoms with van der Waals surface area (Å²) in [5, 5.41) is 2.82. The zero-order valence-corrected chi connectivity index (χ0v) is 15.4. The molecule has 0 fully saturated rings. The third-order valence-electron chi connectivity index (χ3n) is 5.01. The minimum atomic E-state index is -4.40. The Balaban J connectivity index is 1.70. The summed E-state index contributed by atoms with van der Waals surface area (Å²) in [6.07, 6.45) is -0.575. The highest BCUT2D eigenvalue weighted by atomic mass is 19.4. The van der Waals surface area contributed by atoms with Gasteiger partial charge in [-0.15, -0.1) is 0 Å². The highest BCUT2D eigenvalue weighted by Gasteiger charge is 2.34. The van der Waals surface area contributed by atoms with Crippen LogP contribution in [0.15, 0.2) is 73.1 Å². The number of rotatable bonds is 2. The van der Waals surface area contributed by atoms with Crippen LogP contribution in [0.3, 0.4) is 0 Å². The third-order valence-corrected chi connectivity index (χ3v) is 5.01. The van der Waals surface area contributed by atoms with Gasteiger partial charge < -0.3 is 10.2 Å². The molecule has 4 nitrogen and oxygen atoms in total. The lowest BCUT2D eigenvalue weighted by Crippen LogP contribution is -2.43. The van der Waals surface area contributed by atoms with Gasteiger partial charge in [0.25, 0.3) is 0 Å². The Bertz CT molecular complexity index is 1000. The Labute approximate surface area is 166 Å². The van der Waals surface area contributed by atoms with Crippen LogP contribution < -0.4 is 5.32 Å². The van der Waals surface area contributed by atoms with Crippen LogP contribution in [0.4, 0.5) is 23.7 Å². The van der Waals surface area contributed by atoms with E-state index in [1.54, 1.807) is 29.4 Å². The molecule has 1 aromatic heterocycles. The number of fused-ring (bicyclic) bond motifs is 1. The first kappa shape index (κ1) is 19.0. The molecule has 7 heteroatoms. The van der Waals surface area contributed by atoms with E-state index in [1.807, 2.05) is 24.3 Å². The van der Waals surface area contributed by atoms with E-state index in [9.17, 15) is 18.0 Å². The maximum absolute atomic E-state index is 13.0. The van der Waals surface area contributed by atoms with Gasteiger partial charge in [-0.25, -0.2) is 4.79 Å². The average molecular weight is 397 g/mol. The van der Waals surface area contributed by atoms with Crippen molar-refractivity contribution in [1.29, 1.82) is 0 Å². The lowest BCUT2D eigenvalue weighted by Gasteiger charge is -2.37. The van der Waals surface area contributed by atoms with Crippen LogP contribution >= 0.6 is 0 Å². The van der Waals surface area contributed by atoms with Gasteiger partial charge in [0.1, 0.15) is 0 Å². The average Bonchev–Trinajstić information content (AvgIpc) is 2.73. The molecular weight excluding hydrogens is 379 g/mol. The van der Waals surface area contributed by atoms with E-state index in [2.05, 4.69) is 10.3 Å². The number of pyridine rings is 1. The summed E-state index contributed by atoms with van der Waals surface area (Å²) in [5.41, 5.74) is 2.48. The van der Waals surface area contributed by atoms with Crippen molar-refractivity contribution >= 4 is 11.7 Å². The molecule has 0 bridgehead atoms. The number of urea groups is 1. The molecule has 2 aromatic carbocycles. The van der Waals surface area contributed by atoms with Crippen molar-refractivity contribution in [1.82, 2.24) is 9.88 Å². The van der Waals surface area contributed by atoms with E-state index in [0.29, 0.717) is 24.2 Å². The van der Waals surface area contributed by atoms with Gasteiger partial charge in [-0.3, -0.25) is 4.98 Å². The molecular formula is C22H18F3N3O. The fourth-order valence-corrected chi connectivity index (χ4v) is 3.63. The number of carbonyl (C=O) groups is 1. The second kappa shape index (κ2) is 7.58. The predicted molar refractivity (Wildman–Crippen MR) is 103 cm³/mol. The maximum atomic E-state index is 13.0. The number of alkyl halides is 3. The monoisotopic (exact) mass is 397 g/mol. The van der Waals surface area contributed by atoms with Crippen LogP contribution in [0.25, 0.3) is 0 Å². The van der Waals surface area contributed by atoms with Crippen LogP contribution in [0, 0.1) is 0 Å². The van der Waals surface area contributed by atoms with E-state index in [1.165, 1.54) is 12.1 Å².